The zero-order chi connectivity index (χ0) is 19.7. The van der Waals surface area contributed by atoms with E-state index in [-0.39, 0.29) is 5.89 Å². The van der Waals surface area contributed by atoms with Crippen LogP contribution in [0.2, 0.25) is 0 Å². The molecular formula is C14H9F3N6O3S. The van der Waals surface area contributed by atoms with Crippen molar-refractivity contribution in [3.63, 3.8) is 0 Å². The first-order valence-electron chi connectivity index (χ1n) is 7.12. The van der Waals surface area contributed by atoms with Gasteiger partial charge >= 0.3 is 12.2 Å². The van der Waals surface area contributed by atoms with Crippen LogP contribution in [0.15, 0.2) is 46.0 Å². The first-order chi connectivity index (χ1) is 12.7. The summed E-state index contributed by atoms with van der Waals surface area (Å²) < 4.78 is 69.0. The van der Waals surface area contributed by atoms with Gasteiger partial charge in [0.15, 0.2) is 0 Å². The fraction of sp³-hybridized carbons (Fsp3) is 0.143. The average molecular weight is 398 g/mol. The highest BCUT2D eigenvalue weighted by atomic mass is 32.2. The Morgan fingerprint density at radius 3 is 2.78 bits per heavy atom. The third-order valence-electron chi connectivity index (χ3n) is 3.15. The minimum atomic E-state index is -4.54. The van der Waals surface area contributed by atoms with E-state index in [4.69, 9.17) is 9.68 Å². The van der Waals surface area contributed by atoms with Crippen molar-refractivity contribution >= 4 is 16.0 Å². The number of rotatable bonds is 5. The van der Waals surface area contributed by atoms with Crippen LogP contribution in [0, 0.1) is 11.3 Å². The predicted octanol–water partition coefficient (Wildman–Crippen LogP) is 2.17. The summed E-state index contributed by atoms with van der Waals surface area (Å²) in [5.74, 6) is -0.0439. The summed E-state index contributed by atoms with van der Waals surface area (Å²) in [5.41, 5.74) is 0.731. The molecule has 0 unspecified atom stereocenters. The number of alkyl halides is 3. The number of nitrogens with zero attached hydrogens (tertiary/aromatic N) is 5. The van der Waals surface area contributed by atoms with Crippen LogP contribution in [0.1, 0.15) is 5.56 Å². The van der Waals surface area contributed by atoms with Gasteiger partial charge in [0.2, 0.25) is 5.89 Å². The zero-order valence-corrected chi connectivity index (χ0v) is 14.0. The first-order valence-corrected chi connectivity index (χ1v) is 8.61. The molecule has 13 heteroatoms. The number of nitriles is 1. The normalized spacial score (nSPS) is 11.9. The van der Waals surface area contributed by atoms with Crippen LogP contribution in [0.4, 0.5) is 19.2 Å². The van der Waals surface area contributed by atoms with E-state index in [0.717, 1.165) is 12.4 Å². The van der Waals surface area contributed by atoms with E-state index < -0.39 is 33.7 Å². The SMILES string of the molecule is N#Cc1cccc(-c2nnc(NS(=O)(=O)c3cnn(CC(F)(F)F)c3)o2)c1. The number of hydrogen-bond donors (Lipinski definition) is 1. The minimum absolute atomic E-state index is 0.0439. The van der Waals surface area contributed by atoms with E-state index in [2.05, 4.69) is 15.3 Å². The van der Waals surface area contributed by atoms with Gasteiger partial charge in [-0.05, 0) is 18.2 Å². The Morgan fingerprint density at radius 1 is 1.30 bits per heavy atom. The summed E-state index contributed by atoms with van der Waals surface area (Å²) >= 11 is 0. The van der Waals surface area contributed by atoms with Crippen molar-refractivity contribution in [2.45, 2.75) is 17.6 Å². The fourth-order valence-corrected chi connectivity index (χ4v) is 2.91. The van der Waals surface area contributed by atoms with Crippen LogP contribution in [0.25, 0.3) is 11.5 Å². The van der Waals surface area contributed by atoms with E-state index in [1.54, 1.807) is 18.2 Å². The van der Waals surface area contributed by atoms with Crippen molar-refractivity contribution < 1.29 is 26.0 Å². The van der Waals surface area contributed by atoms with Crippen molar-refractivity contribution in [2.75, 3.05) is 4.72 Å². The molecule has 0 amide bonds. The average Bonchev–Trinajstić information content (AvgIpc) is 3.23. The molecule has 0 saturated carbocycles. The maximum Gasteiger partial charge on any atom is 0.408 e. The van der Waals surface area contributed by atoms with Crippen molar-refractivity contribution in [2.24, 2.45) is 0 Å². The maximum absolute atomic E-state index is 12.3. The lowest BCUT2D eigenvalue weighted by atomic mass is 10.1. The van der Waals surface area contributed by atoms with Gasteiger partial charge < -0.3 is 4.42 Å². The summed E-state index contributed by atoms with van der Waals surface area (Å²) in [6.45, 7) is -1.43. The molecule has 2 heterocycles. The van der Waals surface area contributed by atoms with Gasteiger partial charge in [-0.15, -0.1) is 5.10 Å². The Labute approximate surface area is 150 Å². The second-order valence-corrected chi connectivity index (χ2v) is 6.88. The summed E-state index contributed by atoms with van der Waals surface area (Å²) in [6.07, 6.45) is -3.05. The first kappa shape index (κ1) is 18.4. The van der Waals surface area contributed by atoms with Crippen LogP contribution in [-0.2, 0) is 16.6 Å². The van der Waals surface area contributed by atoms with Crippen molar-refractivity contribution in [3.05, 3.63) is 42.2 Å². The Bertz CT molecular complexity index is 1110. The van der Waals surface area contributed by atoms with Crippen LogP contribution in [0.5, 0.6) is 0 Å². The number of hydrogen-bond acceptors (Lipinski definition) is 7. The lowest BCUT2D eigenvalue weighted by molar-refractivity contribution is -0.142. The van der Waals surface area contributed by atoms with E-state index >= 15 is 0 Å². The van der Waals surface area contributed by atoms with Gasteiger partial charge in [-0.1, -0.05) is 11.2 Å². The molecule has 0 bridgehead atoms. The number of benzene rings is 1. The smallest absolute Gasteiger partial charge is 0.403 e. The van der Waals surface area contributed by atoms with Crippen LogP contribution in [0.3, 0.4) is 0 Å². The quantitative estimate of drug-likeness (QED) is 0.698. The molecule has 2 aromatic heterocycles. The molecule has 3 rings (SSSR count). The van der Waals surface area contributed by atoms with Gasteiger partial charge in [-0.25, -0.2) is 13.1 Å². The second kappa shape index (κ2) is 6.72. The van der Waals surface area contributed by atoms with Crippen LogP contribution in [-0.4, -0.2) is 34.6 Å². The molecule has 9 nitrogen and oxygen atoms in total. The third kappa shape index (κ3) is 4.42. The lowest BCUT2D eigenvalue weighted by Crippen LogP contribution is -2.18. The Morgan fingerprint density at radius 2 is 2.07 bits per heavy atom. The van der Waals surface area contributed by atoms with Gasteiger partial charge in [0.1, 0.15) is 11.4 Å². The molecule has 0 radical (unpaired) electrons. The number of halogens is 3. The largest absolute Gasteiger partial charge is 0.408 e. The molecule has 0 atom stereocenters. The van der Waals surface area contributed by atoms with Crippen molar-refractivity contribution in [1.29, 1.82) is 5.26 Å². The van der Waals surface area contributed by atoms with Gasteiger partial charge in [-0.3, -0.25) is 4.68 Å². The second-order valence-electron chi connectivity index (χ2n) is 5.20. The molecule has 0 aliphatic heterocycles. The number of anilines is 1. The number of nitrogens with one attached hydrogen (secondary N) is 1. The Hall–Kier alpha value is -3.40. The van der Waals surface area contributed by atoms with Gasteiger partial charge in [0.25, 0.3) is 10.0 Å². The number of sulfonamides is 1. The van der Waals surface area contributed by atoms with Crippen LogP contribution >= 0.6 is 0 Å². The Balaban J connectivity index is 1.79. The zero-order valence-electron chi connectivity index (χ0n) is 13.2. The highest BCUT2D eigenvalue weighted by Crippen LogP contribution is 2.23. The molecule has 1 aromatic carbocycles. The predicted molar refractivity (Wildman–Crippen MR) is 83.5 cm³/mol. The number of aromatic nitrogens is 4. The summed E-state index contributed by atoms with van der Waals surface area (Å²) in [4.78, 5) is -0.502. The topological polar surface area (TPSA) is 127 Å². The molecule has 0 aliphatic rings. The maximum atomic E-state index is 12.3. The van der Waals surface area contributed by atoms with E-state index in [1.165, 1.54) is 6.07 Å². The monoisotopic (exact) mass is 398 g/mol. The standard InChI is InChI=1S/C14H9F3N6O3S/c15-14(16,17)8-23-7-11(6-19-23)27(24,25)22-13-21-20-12(26-13)10-3-1-2-9(4-10)5-18/h1-4,6-7H,8H2,(H,21,22). The molecule has 1 N–H and O–H groups in total. The summed E-state index contributed by atoms with van der Waals surface area (Å²) in [5, 5.41) is 19.4. The summed E-state index contributed by atoms with van der Waals surface area (Å²) in [7, 11) is -4.28. The lowest BCUT2D eigenvalue weighted by Gasteiger charge is -2.05. The van der Waals surface area contributed by atoms with Gasteiger partial charge in [-0.2, -0.15) is 23.5 Å². The molecule has 0 spiro atoms. The highest BCUT2D eigenvalue weighted by molar-refractivity contribution is 7.92. The van der Waals surface area contributed by atoms with Gasteiger partial charge in [0, 0.05) is 11.8 Å². The Kier molecular flexibility index (Phi) is 4.58. The third-order valence-corrected chi connectivity index (χ3v) is 4.42. The molecule has 27 heavy (non-hydrogen) atoms. The molecular weight excluding hydrogens is 389 g/mol. The van der Waals surface area contributed by atoms with Crippen LogP contribution < -0.4 is 4.72 Å². The fourth-order valence-electron chi connectivity index (χ4n) is 2.03. The van der Waals surface area contributed by atoms with E-state index in [0.29, 0.717) is 15.8 Å². The minimum Gasteiger partial charge on any atom is -0.403 e. The molecule has 0 aliphatic carbocycles. The molecule has 0 saturated heterocycles. The van der Waals surface area contributed by atoms with Gasteiger partial charge in [0.05, 0.1) is 17.8 Å². The highest BCUT2D eigenvalue weighted by Gasteiger charge is 2.29. The van der Waals surface area contributed by atoms with E-state index in [9.17, 15) is 21.6 Å². The van der Waals surface area contributed by atoms with Crippen molar-refractivity contribution in [3.8, 4) is 17.5 Å². The van der Waals surface area contributed by atoms with Crippen molar-refractivity contribution in [1.82, 2.24) is 20.0 Å². The molecule has 0 fully saturated rings. The summed E-state index contributed by atoms with van der Waals surface area (Å²) in [6, 6.07) is 7.62. The van der Waals surface area contributed by atoms with E-state index in [1.807, 2.05) is 10.8 Å². The molecule has 140 valence electrons. The molecule has 3 aromatic rings.